The van der Waals surface area contributed by atoms with E-state index < -0.39 is 28.0 Å². The molecule has 2 aliphatic rings. The largest absolute Gasteiger partial charge is 0.467 e. The number of methoxy groups -OCH3 is 1. The molecule has 1 aromatic carbocycles. The van der Waals surface area contributed by atoms with Gasteiger partial charge in [0.1, 0.15) is 22.3 Å². The fourth-order valence-corrected chi connectivity index (χ4v) is 5.68. The normalized spacial score (nSPS) is 20.1. The Morgan fingerprint density at radius 3 is 2.76 bits per heavy atom. The van der Waals surface area contributed by atoms with Crippen LogP contribution < -0.4 is 5.32 Å². The van der Waals surface area contributed by atoms with Crippen LogP contribution in [0.2, 0.25) is 0 Å². The van der Waals surface area contributed by atoms with Gasteiger partial charge >= 0.3 is 5.97 Å². The number of benzene rings is 1. The van der Waals surface area contributed by atoms with Crippen molar-refractivity contribution in [2.45, 2.75) is 37.6 Å². The molecule has 3 rings (SSSR count). The summed E-state index contributed by atoms with van der Waals surface area (Å²) in [6, 6.07) is 4.08. The van der Waals surface area contributed by atoms with Gasteiger partial charge in [0.2, 0.25) is 15.9 Å². The number of carbonyl (C=O) groups excluding carboxylic acids is 2. The van der Waals surface area contributed by atoms with Crippen molar-refractivity contribution in [3.05, 3.63) is 18.2 Å². The first-order valence-electron chi connectivity index (χ1n) is 9.35. The molecule has 2 atom stereocenters. The number of esters is 1. The van der Waals surface area contributed by atoms with Gasteiger partial charge in [-0.15, -0.1) is 0 Å². The molecular weight excluding hydrogens is 416 g/mol. The zero-order valence-electron chi connectivity index (χ0n) is 16.5. The van der Waals surface area contributed by atoms with Crippen LogP contribution in [0.3, 0.4) is 0 Å². The molecule has 1 aromatic rings. The van der Waals surface area contributed by atoms with Crippen molar-refractivity contribution in [1.29, 1.82) is 0 Å². The second-order valence-electron chi connectivity index (χ2n) is 7.34. The number of hydrogen-bond donors (Lipinski definition) is 1. The van der Waals surface area contributed by atoms with Gasteiger partial charge in [0.15, 0.2) is 0 Å². The first kappa shape index (κ1) is 21.6. The minimum Gasteiger partial charge on any atom is -0.467 e. The molecule has 11 heteroatoms. The quantitative estimate of drug-likeness (QED) is 0.691. The third kappa shape index (κ3) is 4.41. The summed E-state index contributed by atoms with van der Waals surface area (Å²) >= 11 is 0.959. The SMILES string of the molecule is COC(=O)[C@H](NC(=O)[C@H]1CCCN(S(=O)(=O)c2cccc3c2N=S=N3)C1)C(C)C. The van der Waals surface area contributed by atoms with Gasteiger partial charge in [0.05, 0.1) is 24.4 Å². The molecule has 9 nitrogen and oxygen atoms in total. The van der Waals surface area contributed by atoms with Crippen molar-refractivity contribution >= 4 is 44.6 Å². The van der Waals surface area contributed by atoms with Crippen molar-refractivity contribution in [3.8, 4) is 0 Å². The summed E-state index contributed by atoms with van der Waals surface area (Å²) in [5.74, 6) is -1.55. The second kappa shape index (κ2) is 8.72. The highest BCUT2D eigenvalue weighted by Gasteiger charge is 2.36. The zero-order valence-corrected chi connectivity index (χ0v) is 18.1. The van der Waals surface area contributed by atoms with Crippen molar-refractivity contribution in [2.75, 3.05) is 20.2 Å². The van der Waals surface area contributed by atoms with Crippen LogP contribution in [-0.2, 0) is 35.7 Å². The summed E-state index contributed by atoms with van der Waals surface area (Å²) < 4.78 is 40.7. The molecule has 158 valence electrons. The van der Waals surface area contributed by atoms with Crippen molar-refractivity contribution < 1.29 is 22.7 Å². The van der Waals surface area contributed by atoms with Crippen molar-refractivity contribution in [1.82, 2.24) is 9.62 Å². The Kier molecular flexibility index (Phi) is 6.49. The Morgan fingerprint density at radius 1 is 1.31 bits per heavy atom. The highest BCUT2D eigenvalue weighted by molar-refractivity contribution is 7.89. The standard InChI is InChI=1S/C18H24N4O5S2/c1-11(2)15(18(24)27-3)19-17(23)12-6-5-9-22(10-12)29(25,26)14-8-4-7-13-16(14)21-28-20-13/h4,7-8,11-12,15H,5-6,9-10H2,1-3H3,(H,19,23)/t12-,15+/m0/s1. The number of carbonyl (C=O) groups is 2. The number of nitrogens with zero attached hydrogens (tertiary/aromatic N) is 3. The van der Waals surface area contributed by atoms with E-state index in [0.717, 1.165) is 11.4 Å². The Hall–Kier alpha value is -2.11. The lowest BCUT2D eigenvalue weighted by Gasteiger charge is -2.32. The highest BCUT2D eigenvalue weighted by Crippen LogP contribution is 2.39. The van der Waals surface area contributed by atoms with E-state index in [1.165, 1.54) is 17.5 Å². The third-order valence-electron chi connectivity index (χ3n) is 5.04. The molecule has 1 fully saturated rings. The lowest BCUT2D eigenvalue weighted by molar-refractivity contribution is -0.147. The van der Waals surface area contributed by atoms with Gasteiger partial charge in [-0.1, -0.05) is 19.9 Å². The average Bonchev–Trinajstić information content (AvgIpc) is 3.19. The summed E-state index contributed by atoms with van der Waals surface area (Å²) in [5.41, 5.74) is 0.870. The summed E-state index contributed by atoms with van der Waals surface area (Å²) in [7, 11) is -2.55. The Labute approximate surface area is 173 Å². The summed E-state index contributed by atoms with van der Waals surface area (Å²) in [5, 5.41) is 2.72. The minimum atomic E-state index is -3.82. The Morgan fingerprint density at radius 2 is 2.07 bits per heavy atom. The molecule has 1 saturated heterocycles. The molecule has 0 unspecified atom stereocenters. The molecule has 2 heterocycles. The summed E-state index contributed by atoms with van der Waals surface area (Å²) in [6.07, 6.45) is 1.10. The molecule has 29 heavy (non-hydrogen) atoms. The highest BCUT2D eigenvalue weighted by atomic mass is 32.2. The maximum atomic E-state index is 13.2. The van der Waals surface area contributed by atoms with Crippen molar-refractivity contribution in [2.24, 2.45) is 20.6 Å². The smallest absolute Gasteiger partial charge is 0.328 e. The molecule has 1 N–H and O–H groups in total. The predicted molar refractivity (Wildman–Crippen MR) is 108 cm³/mol. The number of amides is 1. The molecule has 1 amide bonds. The topological polar surface area (TPSA) is 118 Å². The van der Waals surface area contributed by atoms with Crippen molar-refractivity contribution in [3.63, 3.8) is 0 Å². The Bertz CT molecular complexity index is 986. The van der Waals surface area contributed by atoms with Gasteiger partial charge in [0, 0.05) is 13.1 Å². The first-order valence-corrected chi connectivity index (χ1v) is 11.5. The number of nitrogens with one attached hydrogen (secondary N) is 1. The van der Waals surface area contributed by atoms with Crippen LogP contribution in [0.25, 0.3) is 0 Å². The molecule has 0 aliphatic carbocycles. The lowest BCUT2D eigenvalue weighted by Crippen LogP contribution is -2.51. The molecule has 0 bridgehead atoms. The van der Waals surface area contributed by atoms with E-state index in [-0.39, 0.29) is 23.3 Å². The molecule has 0 spiro atoms. The number of fused-ring (bicyclic) bond motifs is 1. The van der Waals surface area contributed by atoms with Crippen LogP contribution in [0.15, 0.2) is 31.8 Å². The van der Waals surface area contributed by atoms with Crippen LogP contribution >= 0.6 is 0 Å². The maximum absolute atomic E-state index is 13.2. The fraction of sp³-hybridized carbons (Fsp3) is 0.556. The van der Waals surface area contributed by atoms with E-state index in [2.05, 4.69) is 14.0 Å². The van der Waals surface area contributed by atoms with Crippen LogP contribution in [0.5, 0.6) is 0 Å². The van der Waals surface area contributed by atoms with E-state index in [1.54, 1.807) is 12.1 Å². The molecule has 0 aromatic heterocycles. The van der Waals surface area contributed by atoms with Gasteiger partial charge in [0.25, 0.3) is 0 Å². The first-order chi connectivity index (χ1) is 13.8. The van der Waals surface area contributed by atoms with E-state index in [0.29, 0.717) is 30.8 Å². The molecule has 2 aliphatic heterocycles. The number of piperidine rings is 1. The second-order valence-corrected chi connectivity index (χ2v) is 9.78. The summed E-state index contributed by atoms with van der Waals surface area (Å²) in [4.78, 5) is 24.8. The molecule has 0 saturated carbocycles. The fourth-order valence-electron chi connectivity index (χ4n) is 3.40. The van der Waals surface area contributed by atoms with Gasteiger partial charge in [-0.25, -0.2) is 13.2 Å². The number of rotatable bonds is 6. The summed E-state index contributed by atoms with van der Waals surface area (Å²) in [6.45, 7) is 3.99. The minimum absolute atomic E-state index is 0.0497. The van der Waals surface area contributed by atoms with Crippen LogP contribution in [0.1, 0.15) is 26.7 Å². The van der Waals surface area contributed by atoms with Crippen LogP contribution in [0.4, 0.5) is 11.4 Å². The number of sulfonamides is 1. The Balaban J connectivity index is 1.77. The average molecular weight is 441 g/mol. The predicted octanol–water partition coefficient (Wildman–Crippen LogP) is 2.13. The lowest BCUT2D eigenvalue weighted by atomic mass is 9.97. The van der Waals surface area contributed by atoms with Gasteiger partial charge < -0.3 is 10.1 Å². The maximum Gasteiger partial charge on any atom is 0.328 e. The number of ether oxygens (including phenoxy) is 1. The van der Waals surface area contributed by atoms with Gasteiger partial charge in [-0.2, -0.15) is 13.0 Å². The molecular formula is C18H24N4O5S2. The van der Waals surface area contributed by atoms with Gasteiger partial charge in [-0.05, 0) is 30.9 Å². The van der Waals surface area contributed by atoms with E-state index >= 15 is 0 Å². The van der Waals surface area contributed by atoms with Crippen LogP contribution in [0, 0.1) is 11.8 Å². The van der Waals surface area contributed by atoms with E-state index in [9.17, 15) is 18.0 Å². The monoisotopic (exact) mass is 440 g/mol. The van der Waals surface area contributed by atoms with Crippen LogP contribution in [-0.4, -0.2) is 50.8 Å². The van der Waals surface area contributed by atoms with E-state index in [1.807, 2.05) is 13.8 Å². The zero-order chi connectivity index (χ0) is 21.2. The van der Waals surface area contributed by atoms with Gasteiger partial charge in [-0.3, -0.25) is 4.79 Å². The number of hydrogen-bond acceptors (Lipinski definition) is 7. The third-order valence-corrected chi connectivity index (χ3v) is 7.48. The van der Waals surface area contributed by atoms with E-state index in [4.69, 9.17) is 4.74 Å². The molecule has 0 radical (unpaired) electrons.